The quantitative estimate of drug-likeness (QED) is 0.806. The monoisotopic (exact) mass is 251 g/mol. The van der Waals surface area contributed by atoms with Crippen molar-refractivity contribution in [3.63, 3.8) is 0 Å². The van der Waals surface area contributed by atoms with Gasteiger partial charge in [-0.3, -0.25) is 0 Å². The van der Waals surface area contributed by atoms with Gasteiger partial charge in [0.05, 0.1) is 13.2 Å². The number of hydrogen-bond acceptors (Lipinski definition) is 3. The van der Waals surface area contributed by atoms with Crippen LogP contribution in [0.4, 0.5) is 5.69 Å². The van der Waals surface area contributed by atoms with E-state index in [4.69, 9.17) is 4.74 Å². The van der Waals surface area contributed by atoms with E-state index in [1.807, 2.05) is 12.1 Å². The second-order valence-corrected chi connectivity index (χ2v) is 4.50. The third-order valence-corrected chi connectivity index (χ3v) is 3.18. The number of rotatable bonds is 7. The molecule has 0 saturated heterocycles. The van der Waals surface area contributed by atoms with Crippen molar-refractivity contribution in [2.24, 2.45) is 0 Å². The molecular weight excluding hydrogens is 226 g/mol. The minimum Gasteiger partial charge on any atom is -0.496 e. The van der Waals surface area contributed by atoms with E-state index < -0.39 is 6.10 Å². The van der Waals surface area contributed by atoms with E-state index >= 15 is 0 Å². The van der Waals surface area contributed by atoms with Crippen molar-refractivity contribution in [3.05, 3.63) is 23.8 Å². The van der Waals surface area contributed by atoms with Gasteiger partial charge >= 0.3 is 0 Å². The molecule has 0 heterocycles. The van der Waals surface area contributed by atoms with E-state index in [0.29, 0.717) is 0 Å². The number of nitrogens with zero attached hydrogens (tertiary/aromatic N) is 1. The zero-order valence-electron chi connectivity index (χ0n) is 11.9. The zero-order chi connectivity index (χ0) is 13.5. The van der Waals surface area contributed by atoms with Gasteiger partial charge in [-0.15, -0.1) is 0 Å². The van der Waals surface area contributed by atoms with Crippen LogP contribution in [0.5, 0.6) is 5.75 Å². The van der Waals surface area contributed by atoms with E-state index in [1.54, 1.807) is 14.0 Å². The van der Waals surface area contributed by atoms with Crippen LogP contribution in [-0.4, -0.2) is 25.3 Å². The topological polar surface area (TPSA) is 32.7 Å². The molecule has 0 spiro atoms. The van der Waals surface area contributed by atoms with E-state index in [1.165, 1.54) is 6.42 Å². The molecule has 1 N–H and O–H groups in total. The molecule has 0 aliphatic carbocycles. The number of unbranched alkanes of at least 4 members (excludes halogenated alkanes) is 1. The Morgan fingerprint density at radius 2 is 2.06 bits per heavy atom. The molecule has 1 rings (SSSR count). The first-order valence-corrected chi connectivity index (χ1v) is 6.75. The third-order valence-electron chi connectivity index (χ3n) is 3.18. The van der Waals surface area contributed by atoms with Gasteiger partial charge in [0.1, 0.15) is 5.75 Å². The van der Waals surface area contributed by atoms with Gasteiger partial charge in [0, 0.05) is 24.3 Å². The van der Waals surface area contributed by atoms with Crippen molar-refractivity contribution >= 4 is 5.69 Å². The second-order valence-electron chi connectivity index (χ2n) is 4.50. The van der Waals surface area contributed by atoms with Gasteiger partial charge < -0.3 is 14.7 Å². The van der Waals surface area contributed by atoms with Crippen molar-refractivity contribution in [1.29, 1.82) is 0 Å². The van der Waals surface area contributed by atoms with Crippen molar-refractivity contribution < 1.29 is 9.84 Å². The standard InChI is InChI=1S/C15H25NO2/c1-5-7-11-16(6-2)13-9-8-10-14(18-4)15(13)12(3)17/h8-10,12,17H,5-7,11H2,1-4H3/t12-/m0/s1. The molecular formula is C15H25NO2. The molecule has 0 fully saturated rings. The fraction of sp³-hybridized carbons (Fsp3) is 0.600. The number of anilines is 1. The Kier molecular flexibility index (Phi) is 5.99. The van der Waals surface area contributed by atoms with Gasteiger partial charge in [-0.1, -0.05) is 19.4 Å². The highest BCUT2D eigenvalue weighted by atomic mass is 16.5. The maximum absolute atomic E-state index is 9.98. The summed E-state index contributed by atoms with van der Waals surface area (Å²) >= 11 is 0. The Hall–Kier alpha value is -1.22. The third kappa shape index (κ3) is 3.39. The van der Waals surface area contributed by atoms with Gasteiger partial charge in [-0.05, 0) is 32.4 Å². The number of aliphatic hydroxyl groups is 1. The molecule has 1 aromatic carbocycles. The molecule has 1 atom stereocenters. The summed E-state index contributed by atoms with van der Waals surface area (Å²) in [5, 5.41) is 9.98. The first-order valence-electron chi connectivity index (χ1n) is 6.75. The predicted octanol–water partition coefficient (Wildman–Crippen LogP) is 3.37. The van der Waals surface area contributed by atoms with Crippen LogP contribution in [0.2, 0.25) is 0 Å². The summed E-state index contributed by atoms with van der Waals surface area (Å²) < 4.78 is 5.36. The molecule has 3 heteroatoms. The molecule has 0 radical (unpaired) electrons. The molecule has 0 aromatic heterocycles. The predicted molar refractivity (Wildman–Crippen MR) is 76.4 cm³/mol. The summed E-state index contributed by atoms with van der Waals surface area (Å²) in [4.78, 5) is 2.30. The Balaban J connectivity index is 3.12. The van der Waals surface area contributed by atoms with Crippen LogP contribution in [0.15, 0.2) is 18.2 Å². The van der Waals surface area contributed by atoms with Gasteiger partial charge in [0.2, 0.25) is 0 Å². The van der Waals surface area contributed by atoms with Crippen LogP contribution in [0, 0.1) is 0 Å². The minimum atomic E-state index is -0.521. The maximum atomic E-state index is 9.98. The Labute approximate surface area is 110 Å². The fourth-order valence-electron chi connectivity index (χ4n) is 2.20. The Morgan fingerprint density at radius 1 is 1.33 bits per heavy atom. The Bertz CT molecular complexity index is 364. The first kappa shape index (κ1) is 14.8. The SMILES string of the molecule is CCCCN(CC)c1cccc(OC)c1[C@H](C)O. The minimum absolute atomic E-state index is 0.521. The summed E-state index contributed by atoms with van der Waals surface area (Å²) in [5.41, 5.74) is 1.97. The average molecular weight is 251 g/mol. The fourth-order valence-corrected chi connectivity index (χ4v) is 2.20. The van der Waals surface area contributed by atoms with Gasteiger partial charge in [-0.25, -0.2) is 0 Å². The molecule has 0 saturated carbocycles. The Morgan fingerprint density at radius 3 is 2.56 bits per heavy atom. The lowest BCUT2D eigenvalue weighted by molar-refractivity contribution is 0.194. The molecule has 0 unspecified atom stereocenters. The van der Waals surface area contributed by atoms with Gasteiger partial charge in [0.15, 0.2) is 0 Å². The average Bonchev–Trinajstić information content (AvgIpc) is 2.38. The normalized spacial score (nSPS) is 12.3. The number of methoxy groups -OCH3 is 1. The summed E-state index contributed by atoms with van der Waals surface area (Å²) in [6.45, 7) is 8.07. The van der Waals surface area contributed by atoms with Crippen LogP contribution in [0.25, 0.3) is 0 Å². The zero-order valence-corrected chi connectivity index (χ0v) is 11.9. The van der Waals surface area contributed by atoms with Crippen molar-refractivity contribution in [1.82, 2.24) is 0 Å². The second kappa shape index (κ2) is 7.27. The van der Waals surface area contributed by atoms with E-state index in [9.17, 15) is 5.11 Å². The molecule has 18 heavy (non-hydrogen) atoms. The summed E-state index contributed by atoms with van der Waals surface area (Å²) in [6, 6.07) is 5.94. The lowest BCUT2D eigenvalue weighted by Crippen LogP contribution is -2.25. The molecule has 102 valence electrons. The molecule has 3 nitrogen and oxygen atoms in total. The number of benzene rings is 1. The van der Waals surface area contributed by atoms with Crippen molar-refractivity contribution in [2.75, 3.05) is 25.1 Å². The highest BCUT2D eigenvalue weighted by Gasteiger charge is 2.17. The lowest BCUT2D eigenvalue weighted by atomic mass is 10.1. The van der Waals surface area contributed by atoms with E-state index in [-0.39, 0.29) is 0 Å². The summed E-state index contributed by atoms with van der Waals surface area (Å²) in [7, 11) is 1.65. The molecule has 0 bridgehead atoms. The molecule has 0 aliphatic rings. The van der Waals surface area contributed by atoms with Crippen LogP contribution in [0.1, 0.15) is 45.3 Å². The highest BCUT2D eigenvalue weighted by molar-refractivity contribution is 5.60. The molecule has 1 aromatic rings. The highest BCUT2D eigenvalue weighted by Crippen LogP contribution is 2.34. The lowest BCUT2D eigenvalue weighted by Gasteiger charge is -2.27. The number of ether oxygens (including phenoxy) is 1. The number of hydrogen-bond donors (Lipinski definition) is 1. The van der Waals surface area contributed by atoms with Gasteiger partial charge in [-0.2, -0.15) is 0 Å². The van der Waals surface area contributed by atoms with Gasteiger partial charge in [0.25, 0.3) is 0 Å². The van der Waals surface area contributed by atoms with Crippen LogP contribution in [-0.2, 0) is 0 Å². The summed E-state index contributed by atoms with van der Waals surface area (Å²) in [5.74, 6) is 0.762. The first-order chi connectivity index (χ1) is 8.65. The summed E-state index contributed by atoms with van der Waals surface area (Å²) in [6.07, 6.45) is 1.81. The maximum Gasteiger partial charge on any atom is 0.126 e. The van der Waals surface area contributed by atoms with Crippen LogP contribution < -0.4 is 9.64 Å². The molecule has 0 aliphatic heterocycles. The van der Waals surface area contributed by atoms with Crippen molar-refractivity contribution in [3.8, 4) is 5.75 Å². The number of aliphatic hydroxyl groups excluding tert-OH is 1. The van der Waals surface area contributed by atoms with Crippen molar-refractivity contribution in [2.45, 2.75) is 39.7 Å². The smallest absolute Gasteiger partial charge is 0.126 e. The van der Waals surface area contributed by atoms with Crippen LogP contribution >= 0.6 is 0 Å². The van der Waals surface area contributed by atoms with E-state index in [2.05, 4.69) is 24.8 Å². The molecule has 0 amide bonds. The van der Waals surface area contributed by atoms with Crippen LogP contribution in [0.3, 0.4) is 0 Å². The largest absolute Gasteiger partial charge is 0.496 e. The van der Waals surface area contributed by atoms with E-state index in [0.717, 1.165) is 36.5 Å².